The predicted octanol–water partition coefficient (Wildman–Crippen LogP) is 3.73. The zero-order valence-electron chi connectivity index (χ0n) is 12.7. The zero-order valence-corrected chi connectivity index (χ0v) is 12.7. The summed E-state index contributed by atoms with van der Waals surface area (Å²) in [6.07, 6.45) is 2.38. The lowest BCUT2D eigenvalue weighted by Crippen LogP contribution is -2.25. The van der Waals surface area contributed by atoms with Gasteiger partial charge in [0.2, 0.25) is 0 Å². The van der Waals surface area contributed by atoms with Gasteiger partial charge in [-0.2, -0.15) is 0 Å². The number of nitrogens with zero attached hydrogens (tertiary/aromatic N) is 1. The molecule has 112 valence electrons. The van der Waals surface area contributed by atoms with Crippen molar-refractivity contribution >= 4 is 5.91 Å². The van der Waals surface area contributed by atoms with E-state index in [2.05, 4.69) is 12.1 Å². The van der Waals surface area contributed by atoms with Gasteiger partial charge in [0.25, 0.3) is 5.91 Å². The van der Waals surface area contributed by atoms with Crippen LogP contribution in [0.4, 0.5) is 0 Å². The molecule has 0 radical (unpaired) electrons. The smallest absolute Gasteiger partial charge is 0.258 e. The molecule has 22 heavy (non-hydrogen) atoms. The van der Waals surface area contributed by atoms with Crippen LogP contribution in [0.25, 0.3) is 0 Å². The number of benzene rings is 2. The quantitative estimate of drug-likeness (QED) is 0.916. The van der Waals surface area contributed by atoms with Crippen LogP contribution in [0.2, 0.25) is 0 Å². The van der Waals surface area contributed by atoms with E-state index in [4.69, 9.17) is 0 Å². The van der Waals surface area contributed by atoms with Crippen molar-refractivity contribution in [3.8, 4) is 5.75 Å². The van der Waals surface area contributed by atoms with Crippen molar-refractivity contribution in [2.24, 2.45) is 0 Å². The van der Waals surface area contributed by atoms with E-state index in [0.717, 1.165) is 5.56 Å². The van der Waals surface area contributed by atoms with Crippen molar-refractivity contribution in [2.75, 3.05) is 0 Å². The number of rotatable bonds is 2. The topological polar surface area (TPSA) is 40.5 Å². The Balaban J connectivity index is 1.65. The molecule has 3 nitrogen and oxygen atoms in total. The van der Waals surface area contributed by atoms with Gasteiger partial charge in [-0.3, -0.25) is 4.79 Å². The van der Waals surface area contributed by atoms with E-state index in [0.29, 0.717) is 24.6 Å². The molecule has 0 atom stereocenters. The number of aromatic hydroxyl groups is 1. The molecule has 2 aromatic carbocycles. The number of aryl methyl sites for hydroxylation is 1. The molecule has 2 aromatic rings. The molecular weight excluding hydrogens is 274 g/mol. The van der Waals surface area contributed by atoms with Crippen LogP contribution in [0.5, 0.6) is 5.75 Å². The van der Waals surface area contributed by atoms with Gasteiger partial charge in [0.1, 0.15) is 5.75 Å². The van der Waals surface area contributed by atoms with E-state index < -0.39 is 0 Å². The van der Waals surface area contributed by atoms with Crippen LogP contribution in [0.1, 0.15) is 51.4 Å². The largest absolute Gasteiger partial charge is 0.507 e. The highest BCUT2D eigenvalue weighted by Crippen LogP contribution is 2.43. The normalized spacial score (nSPS) is 16.7. The number of phenols is 1. The fourth-order valence-corrected chi connectivity index (χ4v) is 3.36. The Hall–Kier alpha value is -2.29. The van der Waals surface area contributed by atoms with Gasteiger partial charge in [-0.05, 0) is 60.1 Å². The van der Waals surface area contributed by atoms with E-state index in [1.165, 1.54) is 29.5 Å². The first-order valence-corrected chi connectivity index (χ1v) is 7.83. The lowest BCUT2D eigenvalue weighted by atomic mass is 9.99. The summed E-state index contributed by atoms with van der Waals surface area (Å²) in [4.78, 5) is 14.6. The van der Waals surface area contributed by atoms with Gasteiger partial charge in [0, 0.05) is 13.1 Å². The van der Waals surface area contributed by atoms with E-state index in [1.54, 1.807) is 6.07 Å². The summed E-state index contributed by atoms with van der Waals surface area (Å²) in [5.74, 6) is 0.599. The highest BCUT2D eigenvalue weighted by Gasteiger charge is 2.30. The Kier molecular flexibility index (Phi) is 2.96. The van der Waals surface area contributed by atoms with Crippen LogP contribution in [0.3, 0.4) is 0 Å². The zero-order chi connectivity index (χ0) is 15.3. The second-order valence-electron chi connectivity index (χ2n) is 6.43. The van der Waals surface area contributed by atoms with Crippen molar-refractivity contribution < 1.29 is 9.90 Å². The Labute approximate surface area is 130 Å². The minimum absolute atomic E-state index is 0.0735. The van der Waals surface area contributed by atoms with Crippen LogP contribution < -0.4 is 0 Å². The molecule has 1 heterocycles. The number of fused-ring (bicyclic) bond motifs is 1. The predicted molar refractivity (Wildman–Crippen MR) is 84.8 cm³/mol. The van der Waals surface area contributed by atoms with Gasteiger partial charge in [-0.25, -0.2) is 0 Å². The maximum absolute atomic E-state index is 12.8. The van der Waals surface area contributed by atoms with Gasteiger partial charge in [0.05, 0.1) is 5.56 Å². The third-order valence-corrected chi connectivity index (χ3v) is 4.76. The van der Waals surface area contributed by atoms with E-state index >= 15 is 0 Å². The first-order chi connectivity index (χ1) is 10.6. The van der Waals surface area contributed by atoms with Gasteiger partial charge < -0.3 is 10.0 Å². The molecule has 1 N–H and O–H groups in total. The summed E-state index contributed by atoms with van der Waals surface area (Å²) < 4.78 is 0. The molecule has 0 aromatic heterocycles. The molecule has 1 saturated carbocycles. The van der Waals surface area contributed by atoms with Crippen molar-refractivity contribution in [3.05, 3.63) is 64.2 Å². The standard InChI is InChI=1S/C19H19NO2/c1-12-8-18(21)17(9-16(12)13-6-7-13)19(22)20-10-14-4-2-3-5-15(14)11-20/h2-5,8-9,13,21H,6-7,10-11H2,1H3. The molecule has 3 heteroatoms. The van der Waals surface area contributed by atoms with Crippen molar-refractivity contribution in [1.82, 2.24) is 4.90 Å². The molecule has 4 rings (SSSR count). The Bertz CT molecular complexity index is 737. The Morgan fingerprint density at radius 2 is 1.77 bits per heavy atom. The number of carbonyl (C=O) groups is 1. The number of hydrogen-bond donors (Lipinski definition) is 1. The second kappa shape index (κ2) is 4.87. The summed E-state index contributed by atoms with van der Waals surface area (Å²) in [6, 6.07) is 11.8. The maximum Gasteiger partial charge on any atom is 0.258 e. The molecule has 0 spiro atoms. The SMILES string of the molecule is Cc1cc(O)c(C(=O)N2Cc3ccccc3C2)cc1C1CC1. The minimum atomic E-state index is -0.0735. The monoisotopic (exact) mass is 293 g/mol. The van der Waals surface area contributed by atoms with Crippen molar-refractivity contribution in [1.29, 1.82) is 0 Å². The lowest BCUT2D eigenvalue weighted by molar-refractivity contribution is 0.0748. The number of phenolic OH excluding ortho intramolecular Hbond substituents is 1. The molecular formula is C19H19NO2. The van der Waals surface area contributed by atoms with Crippen LogP contribution in [-0.4, -0.2) is 15.9 Å². The fourth-order valence-electron chi connectivity index (χ4n) is 3.36. The number of carbonyl (C=O) groups excluding carboxylic acids is 1. The summed E-state index contributed by atoms with van der Waals surface area (Å²) in [6.45, 7) is 3.26. The average molecular weight is 293 g/mol. The van der Waals surface area contributed by atoms with Crippen LogP contribution in [0.15, 0.2) is 36.4 Å². The molecule has 2 aliphatic rings. The molecule has 1 amide bonds. The summed E-state index contributed by atoms with van der Waals surface area (Å²) in [5.41, 5.74) is 5.15. The minimum Gasteiger partial charge on any atom is -0.507 e. The highest BCUT2D eigenvalue weighted by atomic mass is 16.3. The number of hydrogen-bond acceptors (Lipinski definition) is 2. The molecule has 1 aliphatic heterocycles. The van der Waals surface area contributed by atoms with Gasteiger partial charge >= 0.3 is 0 Å². The van der Waals surface area contributed by atoms with Crippen LogP contribution >= 0.6 is 0 Å². The number of amides is 1. The van der Waals surface area contributed by atoms with Crippen molar-refractivity contribution in [2.45, 2.75) is 38.8 Å². The summed E-state index contributed by atoms with van der Waals surface area (Å²) in [5, 5.41) is 10.2. The maximum atomic E-state index is 12.8. The third kappa shape index (κ3) is 2.17. The van der Waals surface area contributed by atoms with E-state index in [1.807, 2.05) is 30.0 Å². The second-order valence-corrected chi connectivity index (χ2v) is 6.43. The van der Waals surface area contributed by atoms with E-state index in [9.17, 15) is 9.90 Å². The fraction of sp³-hybridized carbons (Fsp3) is 0.316. The summed E-state index contributed by atoms with van der Waals surface area (Å²) in [7, 11) is 0. The van der Waals surface area contributed by atoms with Crippen LogP contribution in [0, 0.1) is 6.92 Å². The lowest BCUT2D eigenvalue weighted by Gasteiger charge is -2.18. The molecule has 0 unspecified atom stereocenters. The molecule has 0 bridgehead atoms. The Morgan fingerprint density at radius 3 is 2.36 bits per heavy atom. The highest BCUT2D eigenvalue weighted by molar-refractivity contribution is 5.97. The first kappa shape index (κ1) is 13.4. The molecule has 1 aliphatic carbocycles. The molecule has 0 saturated heterocycles. The van der Waals surface area contributed by atoms with Crippen molar-refractivity contribution in [3.63, 3.8) is 0 Å². The third-order valence-electron chi connectivity index (χ3n) is 4.76. The van der Waals surface area contributed by atoms with Gasteiger partial charge in [-0.15, -0.1) is 0 Å². The average Bonchev–Trinajstić information content (AvgIpc) is 3.24. The molecule has 1 fully saturated rings. The van der Waals surface area contributed by atoms with Gasteiger partial charge in [-0.1, -0.05) is 24.3 Å². The van der Waals surface area contributed by atoms with E-state index in [-0.39, 0.29) is 11.7 Å². The van der Waals surface area contributed by atoms with Crippen LogP contribution in [-0.2, 0) is 13.1 Å². The first-order valence-electron chi connectivity index (χ1n) is 7.83. The Morgan fingerprint density at radius 1 is 1.14 bits per heavy atom. The van der Waals surface area contributed by atoms with Gasteiger partial charge in [0.15, 0.2) is 0 Å². The summed E-state index contributed by atoms with van der Waals surface area (Å²) >= 11 is 0.